The lowest BCUT2D eigenvalue weighted by atomic mass is 10.1. The van der Waals surface area contributed by atoms with E-state index in [1.807, 2.05) is 38.1 Å². The molecule has 29 heavy (non-hydrogen) atoms. The van der Waals surface area contributed by atoms with Gasteiger partial charge in [0.2, 0.25) is 5.91 Å². The summed E-state index contributed by atoms with van der Waals surface area (Å²) in [4.78, 5) is 38.4. The van der Waals surface area contributed by atoms with E-state index in [2.05, 4.69) is 5.32 Å². The number of amides is 2. The van der Waals surface area contributed by atoms with Crippen LogP contribution in [0.5, 0.6) is 5.75 Å². The maximum Gasteiger partial charge on any atom is 0.311 e. The van der Waals surface area contributed by atoms with Gasteiger partial charge in [0.1, 0.15) is 5.75 Å². The molecule has 1 N–H and O–H groups in total. The van der Waals surface area contributed by atoms with Gasteiger partial charge in [-0.3, -0.25) is 14.4 Å². The van der Waals surface area contributed by atoms with Crippen molar-refractivity contribution in [3.63, 3.8) is 0 Å². The summed E-state index contributed by atoms with van der Waals surface area (Å²) in [5.41, 5.74) is 3.32. The number of carbonyl (C=O) groups is 3. The lowest BCUT2D eigenvalue weighted by Crippen LogP contribution is -2.28. The maximum absolute atomic E-state index is 12.5. The Bertz CT molecular complexity index is 923. The fraction of sp³-hybridized carbons (Fsp3) is 0.318. The zero-order valence-corrected chi connectivity index (χ0v) is 16.7. The van der Waals surface area contributed by atoms with Crippen molar-refractivity contribution in [3.05, 3.63) is 53.6 Å². The normalized spacial score (nSPS) is 15.9. The Morgan fingerprint density at radius 1 is 1.10 bits per heavy atom. The molecule has 1 atom stereocenters. The molecule has 0 aliphatic carbocycles. The van der Waals surface area contributed by atoms with Crippen molar-refractivity contribution >= 4 is 29.2 Å². The molecule has 2 amide bonds. The fourth-order valence-corrected chi connectivity index (χ4v) is 3.20. The molecule has 1 aliphatic rings. The van der Waals surface area contributed by atoms with Crippen molar-refractivity contribution < 1.29 is 23.9 Å². The van der Waals surface area contributed by atoms with Crippen LogP contribution in [0, 0.1) is 19.8 Å². The number of methoxy groups -OCH3 is 1. The monoisotopic (exact) mass is 396 g/mol. The van der Waals surface area contributed by atoms with Gasteiger partial charge in [0.25, 0.3) is 5.91 Å². The minimum atomic E-state index is -0.625. The smallest absolute Gasteiger partial charge is 0.311 e. The van der Waals surface area contributed by atoms with Gasteiger partial charge in [0, 0.05) is 18.7 Å². The van der Waals surface area contributed by atoms with Crippen molar-refractivity contribution in [2.45, 2.75) is 20.3 Å². The quantitative estimate of drug-likeness (QED) is 0.759. The Hall–Kier alpha value is -3.35. The number of esters is 1. The summed E-state index contributed by atoms with van der Waals surface area (Å²) in [5.74, 6) is -1.23. The predicted octanol–water partition coefficient (Wildman–Crippen LogP) is 2.85. The van der Waals surface area contributed by atoms with Crippen LogP contribution in [-0.2, 0) is 19.1 Å². The van der Waals surface area contributed by atoms with Gasteiger partial charge >= 0.3 is 5.97 Å². The molecule has 2 aromatic carbocycles. The van der Waals surface area contributed by atoms with Gasteiger partial charge in [-0.2, -0.15) is 0 Å². The van der Waals surface area contributed by atoms with Crippen molar-refractivity contribution in [2.24, 2.45) is 5.92 Å². The predicted molar refractivity (Wildman–Crippen MR) is 109 cm³/mol. The first-order chi connectivity index (χ1) is 13.9. The topological polar surface area (TPSA) is 84.9 Å². The third-order valence-corrected chi connectivity index (χ3v) is 4.76. The van der Waals surface area contributed by atoms with E-state index >= 15 is 0 Å². The fourth-order valence-electron chi connectivity index (χ4n) is 3.20. The Morgan fingerprint density at radius 2 is 1.79 bits per heavy atom. The summed E-state index contributed by atoms with van der Waals surface area (Å²) < 4.78 is 10.5. The van der Waals surface area contributed by atoms with E-state index in [1.165, 1.54) is 12.0 Å². The van der Waals surface area contributed by atoms with Crippen molar-refractivity contribution in [3.8, 4) is 5.75 Å². The van der Waals surface area contributed by atoms with Crippen LogP contribution in [0.4, 0.5) is 11.4 Å². The first-order valence-electron chi connectivity index (χ1n) is 9.35. The molecule has 1 heterocycles. The molecule has 7 heteroatoms. The van der Waals surface area contributed by atoms with Crippen LogP contribution >= 0.6 is 0 Å². The molecule has 152 valence electrons. The molecule has 0 spiro atoms. The molecule has 0 aromatic heterocycles. The van der Waals surface area contributed by atoms with E-state index in [1.54, 1.807) is 18.2 Å². The van der Waals surface area contributed by atoms with Crippen molar-refractivity contribution in [1.29, 1.82) is 0 Å². The van der Waals surface area contributed by atoms with Gasteiger partial charge in [-0.1, -0.05) is 23.8 Å². The number of carbonyl (C=O) groups excluding carboxylic acids is 3. The summed E-state index contributed by atoms with van der Waals surface area (Å²) in [6.07, 6.45) is 0.0372. The summed E-state index contributed by atoms with van der Waals surface area (Å²) in [6, 6.07) is 12.8. The highest BCUT2D eigenvalue weighted by Crippen LogP contribution is 2.34. The lowest BCUT2D eigenvalue weighted by molar-refractivity contribution is -0.151. The molecular formula is C22H24N2O5. The van der Waals surface area contributed by atoms with E-state index < -0.39 is 24.4 Å². The maximum atomic E-state index is 12.5. The molecule has 7 nitrogen and oxygen atoms in total. The molecule has 1 aliphatic heterocycles. The number of hydrogen-bond acceptors (Lipinski definition) is 5. The van der Waals surface area contributed by atoms with E-state index in [9.17, 15) is 14.4 Å². The number of aryl methyl sites for hydroxylation is 2. The molecule has 0 saturated carbocycles. The standard InChI is InChI=1S/C22H24N2O5/c1-14-4-7-17(8-5-14)23-20(25)13-29-22(27)16-11-21(26)24(12-16)18-10-15(2)6-9-19(18)28-3/h4-10,16H,11-13H2,1-3H3,(H,23,25)/t16-/m1/s1. The summed E-state index contributed by atoms with van der Waals surface area (Å²) >= 11 is 0. The first-order valence-corrected chi connectivity index (χ1v) is 9.35. The van der Waals surface area contributed by atoms with Gasteiger partial charge in [-0.05, 0) is 43.7 Å². The third kappa shape index (κ3) is 4.93. The Morgan fingerprint density at radius 3 is 2.48 bits per heavy atom. The van der Waals surface area contributed by atoms with Crippen molar-refractivity contribution in [2.75, 3.05) is 30.5 Å². The Labute approximate surface area is 169 Å². The summed E-state index contributed by atoms with van der Waals surface area (Å²) in [5, 5.41) is 2.67. The highest BCUT2D eigenvalue weighted by Gasteiger charge is 2.37. The molecule has 3 rings (SSSR count). The number of benzene rings is 2. The number of nitrogens with one attached hydrogen (secondary N) is 1. The van der Waals surface area contributed by atoms with Crippen LogP contribution in [-0.4, -0.2) is 38.0 Å². The van der Waals surface area contributed by atoms with Gasteiger partial charge in [-0.25, -0.2) is 0 Å². The zero-order valence-electron chi connectivity index (χ0n) is 16.7. The van der Waals surface area contributed by atoms with Crippen molar-refractivity contribution in [1.82, 2.24) is 0 Å². The van der Waals surface area contributed by atoms with Gasteiger partial charge in [0.15, 0.2) is 6.61 Å². The zero-order chi connectivity index (χ0) is 21.0. The number of rotatable bonds is 6. The highest BCUT2D eigenvalue weighted by molar-refractivity contribution is 6.01. The largest absolute Gasteiger partial charge is 0.495 e. The minimum absolute atomic E-state index is 0.0372. The Balaban J connectivity index is 1.57. The van der Waals surface area contributed by atoms with Crippen LogP contribution in [0.2, 0.25) is 0 Å². The van der Waals surface area contributed by atoms with E-state index in [0.29, 0.717) is 17.1 Å². The van der Waals surface area contributed by atoms with Crippen LogP contribution < -0.4 is 15.0 Å². The molecule has 1 saturated heterocycles. The molecule has 2 aromatic rings. The average Bonchev–Trinajstić information content (AvgIpc) is 3.09. The van der Waals surface area contributed by atoms with Crippen LogP contribution in [0.3, 0.4) is 0 Å². The number of hydrogen-bond donors (Lipinski definition) is 1. The molecule has 0 bridgehead atoms. The number of nitrogens with zero attached hydrogens (tertiary/aromatic N) is 1. The second-order valence-electron chi connectivity index (χ2n) is 7.10. The molecule has 1 fully saturated rings. The van der Waals surface area contributed by atoms with Crippen LogP contribution in [0.25, 0.3) is 0 Å². The van der Waals surface area contributed by atoms with Crippen LogP contribution in [0.15, 0.2) is 42.5 Å². The molecular weight excluding hydrogens is 372 g/mol. The highest BCUT2D eigenvalue weighted by atomic mass is 16.5. The molecule has 0 radical (unpaired) electrons. The minimum Gasteiger partial charge on any atom is -0.495 e. The van der Waals surface area contributed by atoms with Gasteiger partial charge < -0.3 is 19.7 Å². The second kappa shape index (κ2) is 8.77. The van der Waals surface area contributed by atoms with Crippen LogP contribution in [0.1, 0.15) is 17.5 Å². The van der Waals surface area contributed by atoms with Gasteiger partial charge in [-0.15, -0.1) is 0 Å². The Kier molecular flexibility index (Phi) is 6.16. The average molecular weight is 396 g/mol. The lowest BCUT2D eigenvalue weighted by Gasteiger charge is -2.20. The van der Waals surface area contributed by atoms with E-state index in [0.717, 1.165) is 11.1 Å². The number of ether oxygens (including phenoxy) is 2. The molecule has 0 unspecified atom stereocenters. The first kappa shape index (κ1) is 20.4. The van der Waals surface area contributed by atoms with Gasteiger partial charge in [0.05, 0.1) is 18.7 Å². The SMILES string of the molecule is COc1ccc(C)cc1N1C[C@H](C(=O)OCC(=O)Nc2ccc(C)cc2)CC1=O. The van der Waals surface area contributed by atoms with E-state index in [-0.39, 0.29) is 18.9 Å². The summed E-state index contributed by atoms with van der Waals surface area (Å²) in [7, 11) is 1.53. The third-order valence-electron chi connectivity index (χ3n) is 4.76. The summed E-state index contributed by atoms with van der Waals surface area (Å²) in [6.45, 7) is 3.66. The second-order valence-corrected chi connectivity index (χ2v) is 7.10. The number of anilines is 2. The van der Waals surface area contributed by atoms with E-state index in [4.69, 9.17) is 9.47 Å².